The lowest BCUT2D eigenvalue weighted by Gasteiger charge is -2.18. The maximum Gasteiger partial charge on any atom is 0.469 e. The van der Waals surface area contributed by atoms with Crippen LogP contribution in [0.4, 0.5) is 0 Å². The number of phosphoric acid groups is 1. The lowest BCUT2D eigenvalue weighted by Crippen LogP contribution is -2.43. The Kier molecular flexibility index (Phi) is 5.90. The van der Waals surface area contributed by atoms with Gasteiger partial charge in [0.25, 0.3) is 5.56 Å². The highest BCUT2D eigenvalue weighted by Crippen LogP contribution is 2.38. The maximum absolute atomic E-state index is 13.0. The molecule has 14 heteroatoms. The smallest absolute Gasteiger partial charge is 0.387 e. The molecule has 1 aromatic carbocycles. The fourth-order valence-electron chi connectivity index (χ4n) is 3.63. The summed E-state index contributed by atoms with van der Waals surface area (Å²) in [7, 11) is -4.84. The summed E-state index contributed by atoms with van der Waals surface area (Å²) < 4.78 is 27.7. The van der Waals surface area contributed by atoms with E-state index in [1.807, 2.05) is 13.0 Å². The SMILES string of the molecule is Cc1cccc2onc(Cn3c(=O)ccn([C@@H]4O[C@H](COP(=O)(O)O)[C@H](O)[C@@H]4O)c3=O)c12. The van der Waals surface area contributed by atoms with Crippen LogP contribution in [-0.4, -0.2) is 59.2 Å². The number of fused-ring (bicyclic) bond motifs is 1. The van der Waals surface area contributed by atoms with Crippen molar-refractivity contribution in [3.8, 4) is 0 Å². The first-order valence-corrected chi connectivity index (χ1v) is 11.0. The van der Waals surface area contributed by atoms with E-state index in [2.05, 4.69) is 9.68 Å². The van der Waals surface area contributed by atoms with Crippen LogP contribution < -0.4 is 11.2 Å². The summed E-state index contributed by atoms with van der Waals surface area (Å²) >= 11 is 0. The lowest BCUT2D eigenvalue weighted by atomic mass is 10.1. The van der Waals surface area contributed by atoms with Crippen molar-refractivity contribution in [3.63, 3.8) is 0 Å². The number of phosphoric ester groups is 1. The van der Waals surface area contributed by atoms with E-state index < -0.39 is 50.2 Å². The minimum atomic E-state index is -4.84. The third-order valence-corrected chi connectivity index (χ3v) is 5.68. The quantitative estimate of drug-likeness (QED) is 0.332. The first-order chi connectivity index (χ1) is 15.1. The molecule has 1 fully saturated rings. The molecular weight excluding hydrogens is 449 g/mol. The molecule has 4 atom stereocenters. The summed E-state index contributed by atoms with van der Waals surface area (Å²) in [4.78, 5) is 43.1. The van der Waals surface area contributed by atoms with Crippen LogP contribution in [-0.2, 0) is 20.4 Å². The second-order valence-corrected chi connectivity index (χ2v) is 8.58. The molecule has 0 radical (unpaired) electrons. The summed E-state index contributed by atoms with van der Waals surface area (Å²) in [6, 6.07) is 6.40. The molecule has 1 aliphatic heterocycles. The van der Waals surface area contributed by atoms with E-state index in [0.29, 0.717) is 16.7 Å². The van der Waals surface area contributed by atoms with Gasteiger partial charge in [-0.2, -0.15) is 0 Å². The van der Waals surface area contributed by atoms with Gasteiger partial charge in [-0.1, -0.05) is 17.3 Å². The zero-order chi connectivity index (χ0) is 23.2. The van der Waals surface area contributed by atoms with Crippen LogP contribution in [0.3, 0.4) is 0 Å². The van der Waals surface area contributed by atoms with Crippen LogP contribution in [0.1, 0.15) is 17.5 Å². The molecule has 4 N–H and O–H groups in total. The highest BCUT2D eigenvalue weighted by molar-refractivity contribution is 7.46. The van der Waals surface area contributed by atoms with Gasteiger partial charge in [-0.05, 0) is 18.6 Å². The maximum atomic E-state index is 13.0. The average molecular weight is 469 g/mol. The predicted molar refractivity (Wildman–Crippen MR) is 107 cm³/mol. The highest BCUT2D eigenvalue weighted by atomic mass is 31.2. The zero-order valence-corrected chi connectivity index (χ0v) is 17.5. The monoisotopic (exact) mass is 469 g/mol. The Bertz CT molecular complexity index is 1310. The Balaban J connectivity index is 1.66. The van der Waals surface area contributed by atoms with E-state index in [1.165, 1.54) is 0 Å². The number of nitrogens with zero attached hydrogens (tertiary/aromatic N) is 3. The van der Waals surface area contributed by atoms with E-state index in [4.69, 9.17) is 19.0 Å². The summed E-state index contributed by atoms with van der Waals surface area (Å²) in [5.41, 5.74) is 0.208. The number of aromatic nitrogens is 3. The number of hydrogen-bond acceptors (Lipinski definition) is 9. The topological polar surface area (TPSA) is 186 Å². The summed E-state index contributed by atoms with van der Waals surface area (Å²) in [5.74, 6) is 0. The van der Waals surface area contributed by atoms with Gasteiger partial charge in [0.1, 0.15) is 24.0 Å². The first-order valence-electron chi connectivity index (χ1n) is 9.44. The fourth-order valence-corrected chi connectivity index (χ4v) is 3.97. The van der Waals surface area contributed by atoms with Crippen molar-refractivity contribution in [2.75, 3.05) is 6.61 Å². The molecule has 4 rings (SSSR count). The molecule has 0 bridgehead atoms. The van der Waals surface area contributed by atoms with Crippen LogP contribution >= 0.6 is 7.82 Å². The molecule has 3 heterocycles. The number of ether oxygens (including phenoxy) is 1. The Hall–Kier alpha value is -2.64. The predicted octanol–water partition coefficient (Wildman–Crippen LogP) is -0.764. The van der Waals surface area contributed by atoms with E-state index >= 15 is 0 Å². The van der Waals surface area contributed by atoms with Gasteiger partial charge in [0, 0.05) is 17.6 Å². The minimum Gasteiger partial charge on any atom is -0.387 e. The van der Waals surface area contributed by atoms with Gasteiger partial charge >= 0.3 is 13.5 Å². The van der Waals surface area contributed by atoms with E-state index in [0.717, 1.165) is 27.0 Å². The number of benzene rings is 1. The molecule has 0 amide bonds. The van der Waals surface area contributed by atoms with Crippen molar-refractivity contribution in [2.24, 2.45) is 0 Å². The minimum absolute atomic E-state index is 0.216. The van der Waals surface area contributed by atoms with Gasteiger partial charge in [0.05, 0.1) is 13.2 Å². The Morgan fingerprint density at radius 3 is 2.66 bits per heavy atom. The Morgan fingerprint density at radius 1 is 1.19 bits per heavy atom. The van der Waals surface area contributed by atoms with Gasteiger partial charge < -0.3 is 29.3 Å². The van der Waals surface area contributed by atoms with Crippen molar-refractivity contribution in [1.29, 1.82) is 0 Å². The molecule has 2 aromatic heterocycles. The van der Waals surface area contributed by atoms with Crippen LogP contribution in [0, 0.1) is 6.92 Å². The lowest BCUT2D eigenvalue weighted by molar-refractivity contribution is -0.0548. The van der Waals surface area contributed by atoms with E-state index in [1.54, 1.807) is 12.1 Å². The molecule has 0 saturated carbocycles. The van der Waals surface area contributed by atoms with Crippen LogP contribution in [0.25, 0.3) is 11.0 Å². The van der Waals surface area contributed by atoms with Crippen LogP contribution in [0.5, 0.6) is 0 Å². The normalized spacial score (nSPS) is 23.8. The molecule has 1 aliphatic rings. The van der Waals surface area contributed by atoms with Gasteiger partial charge in [0.15, 0.2) is 11.8 Å². The Morgan fingerprint density at radius 2 is 1.94 bits per heavy atom. The van der Waals surface area contributed by atoms with E-state index in [-0.39, 0.29) is 6.54 Å². The van der Waals surface area contributed by atoms with Gasteiger partial charge in [0.2, 0.25) is 0 Å². The molecule has 0 aliphatic carbocycles. The summed E-state index contributed by atoms with van der Waals surface area (Å²) in [6.45, 7) is 0.892. The third-order valence-electron chi connectivity index (χ3n) is 5.20. The average Bonchev–Trinajstić information content (AvgIpc) is 3.26. The van der Waals surface area contributed by atoms with Crippen molar-refractivity contribution < 1.29 is 38.3 Å². The highest BCUT2D eigenvalue weighted by Gasteiger charge is 2.45. The van der Waals surface area contributed by atoms with Gasteiger partial charge in [-0.15, -0.1) is 0 Å². The first kappa shape index (κ1) is 22.6. The molecule has 0 spiro atoms. The van der Waals surface area contributed by atoms with Crippen molar-refractivity contribution in [2.45, 2.75) is 38.0 Å². The van der Waals surface area contributed by atoms with Crippen LogP contribution in [0.15, 0.2) is 44.6 Å². The molecule has 3 aromatic rings. The number of rotatable bonds is 6. The van der Waals surface area contributed by atoms with Gasteiger partial charge in [-0.3, -0.25) is 18.5 Å². The molecule has 1 saturated heterocycles. The zero-order valence-electron chi connectivity index (χ0n) is 16.6. The largest absolute Gasteiger partial charge is 0.469 e. The fraction of sp³-hybridized carbons (Fsp3) is 0.389. The van der Waals surface area contributed by atoms with Gasteiger partial charge in [-0.25, -0.2) is 9.36 Å². The molecule has 13 nitrogen and oxygen atoms in total. The number of hydrogen-bond donors (Lipinski definition) is 4. The van der Waals surface area contributed by atoms with Crippen molar-refractivity contribution in [3.05, 3.63) is 62.6 Å². The summed E-state index contributed by atoms with van der Waals surface area (Å²) in [6.07, 6.45) is -4.87. The molecule has 0 unspecified atom stereocenters. The van der Waals surface area contributed by atoms with Crippen molar-refractivity contribution >= 4 is 18.8 Å². The number of aliphatic hydroxyl groups excluding tert-OH is 2. The Labute approximate surface area is 179 Å². The second-order valence-electron chi connectivity index (χ2n) is 7.34. The second kappa shape index (κ2) is 8.37. The molecular formula is C18H20N3O10P. The van der Waals surface area contributed by atoms with Crippen LogP contribution in [0.2, 0.25) is 0 Å². The standard InChI is InChI=1S/C18H20N3O10P/c1-9-3-2-4-11-14(9)10(19-31-11)7-21-13(22)5-6-20(18(21)25)17-16(24)15(23)12(30-17)8-29-32(26,27)28/h2-6,12,15-17,23-24H,7-8H2,1H3,(H2,26,27,28)/t12-,15+,16+,17-/m1/s1. The third kappa shape index (κ3) is 4.19. The van der Waals surface area contributed by atoms with E-state index in [9.17, 15) is 24.4 Å². The summed E-state index contributed by atoms with van der Waals surface area (Å²) in [5, 5.41) is 25.1. The number of aryl methyl sites for hydroxylation is 1. The van der Waals surface area contributed by atoms with Crippen molar-refractivity contribution in [1.82, 2.24) is 14.3 Å². The molecule has 32 heavy (non-hydrogen) atoms. The number of aliphatic hydroxyl groups is 2. The molecule has 172 valence electrons.